The van der Waals surface area contributed by atoms with Gasteiger partial charge in [0.1, 0.15) is 17.7 Å². The van der Waals surface area contributed by atoms with Gasteiger partial charge in [0.05, 0.1) is 19.2 Å². The van der Waals surface area contributed by atoms with E-state index in [1.54, 1.807) is 49.4 Å². The summed E-state index contributed by atoms with van der Waals surface area (Å²) < 4.78 is 43.9. The summed E-state index contributed by atoms with van der Waals surface area (Å²) in [5.74, 6) is 0.330. The van der Waals surface area contributed by atoms with Gasteiger partial charge in [-0.3, -0.25) is 4.79 Å². The SMILES string of the molecule is COc1ccc2[nH]c(C(=O)N(CC=O)CCN(C)Cc3cccc(C(F)(F)F)c3)cc2c1. The van der Waals surface area contributed by atoms with Crippen LogP contribution >= 0.6 is 0 Å². The number of fused-ring (bicyclic) bond motifs is 1. The van der Waals surface area contributed by atoms with E-state index in [1.807, 2.05) is 0 Å². The minimum Gasteiger partial charge on any atom is -0.497 e. The van der Waals surface area contributed by atoms with Crippen LogP contribution in [-0.2, 0) is 17.5 Å². The fourth-order valence-corrected chi connectivity index (χ4v) is 3.42. The maximum absolute atomic E-state index is 12.9. The van der Waals surface area contributed by atoms with Crippen LogP contribution in [0.5, 0.6) is 5.75 Å². The van der Waals surface area contributed by atoms with Gasteiger partial charge in [0.15, 0.2) is 0 Å². The Morgan fingerprint density at radius 1 is 1.12 bits per heavy atom. The van der Waals surface area contributed by atoms with Gasteiger partial charge < -0.3 is 24.3 Å². The summed E-state index contributed by atoms with van der Waals surface area (Å²) in [6.45, 7) is 0.809. The number of H-pyrrole nitrogens is 1. The highest BCUT2D eigenvalue weighted by Gasteiger charge is 2.30. The zero-order valence-corrected chi connectivity index (χ0v) is 17.8. The lowest BCUT2D eigenvalue weighted by Crippen LogP contribution is -2.38. The number of methoxy groups -OCH3 is 1. The number of amides is 1. The lowest BCUT2D eigenvalue weighted by molar-refractivity contribution is -0.137. The minimum atomic E-state index is -4.40. The molecule has 0 bridgehead atoms. The highest BCUT2D eigenvalue weighted by molar-refractivity contribution is 5.98. The van der Waals surface area contributed by atoms with Crippen molar-refractivity contribution in [2.45, 2.75) is 12.7 Å². The first-order chi connectivity index (χ1) is 15.2. The van der Waals surface area contributed by atoms with Crippen molar-refractivity contribution < 1.29 is 27.5 Å². The summed E-state index contributed by atoms with van der Waals surface area (Å²) in [6, 6.07) is 12.2. The van der Waals surface area contributed by atoms with Crippen molar-refractivity contribution in [2.24, 2.45) is 0 Å². The molecule has 0 atom stereocenters. The molecule has 3 aromatic rings. The van der Waals surface area contributed by atoms with Gasteiger partial charge in [0.2, 0.25) is 0 Å². The number of aromatic amines is 1. The van der Waals surface area contributed by atoms with Crippen molar-refractivity contribution in [1.29, 1.82) is 0 Å². The van der Waals surface area contributed by atoms with Gasteiger partial charge in [-0.2, -0.15) is 13.2 Å². The summed E-state index contributed by atoms with van der Waals surface area (Å²) in [5, 5.41) is 0.806. The van der Waals surface area contributed by atoms with Gasteiger partial charge in [-0.25, -0.2) is 0 Å². The number of benzene rings is 2. The second-order valence-corrected chi connectivity index (χ2v) is 7.49. The van der Waals surface area contributed by atoms with E-state index >= 15 is 0 Å². The number of likely N-dealkylation sites (N-methyl/N-ethyl adjacent to an activating group) is 1. The Morgan fingerprint density at radius 3 is 2.59 bits per heavy atom. The van der Waals surface area contributed by atoms with Crippen LogP contribution in [0.15, 0.2) is 48.5 Å². The first-order valence-electron chi connectivity index (χ1n) is 9.95. The molecule has 9 heteroatoms. The molecule has 170 valence electrons. The van der Waals surface area contributed by atoms with Crippen molar-refractivity contribution in [3.05, 3.63) is 65.4 Å². The van der Waals surface area contributed by atoms with Crippen molar-refractivity contribution >= 4 is 23.1 Å². The van der Waals surface area contributed by atoms with Crippen LogP contribution in [0.2, 0.25) is 0 Å². The summed E-state index contributed by atoms with van der Waals surface area (Å²) in [6.07, 6.45) is -3.75. The van der Waals surface area contributed by atoms with E-state index in [0.29, 0.717) is 29.8 Å². The molecule has 6 nitrogen and oxygen atoms in total. The third-order valence-corrected chi connectivity index (χ3v) is 5.10. The topological polar surface area (TPSA) is 65.6 Å². The molecule has 0 aliphatic heterocycles. The van der Waals surface area contributed by atoms with Gasteiger partial charge in [-0.05, 0) is 42.9 Å². The molecular formula is C23H24F3N3O3. The number of ether oxygens (including phenoxy) is 1. The molecule has 0 aliphatic rings. The molecule has 3 rings (SSSR count). The first kappa shape index (κ1) is 23.3. The predicted octanol–water partition coefficient (Wildman–Crippen LogP) is 3.97. The Balaban J connectivity index is 1.66. The molecular weight excluding hydrogens is 423 g/mol. The fraction of sp³-hybridized carbons (Fsp3) is 0.304. The number of aromatic nitrogens is 1. The zero-order valence-electron chi connectivity index (χ0n) is 17.8. The van der Waals surface area contributed by atoms with Crippen molar-refractivity contribution in [3.8, 4) is 5.75 Å². The number of hydrogen-bond donors (Lipinski definition) is 1. The van der Waals surface area contributed by atoms with E-state index in [1.165, 1.54) is 11.0 Å². The largest absolute Gasteiger partial charge is 0.497 e. The Bertz CT molecular complexity index is 1090. The lowest BCUT2D eigenvalue weighted by atomic mass is 10.1. The van der Waals surface area contributed by atoms with Crippen LogP contribution in [0, 0.1) is 0 Å². The number of halogens is 3. The molecule has 0 spiro atoms. The van der Waals surface area contributed by atoms with Gasteiger partial charge in [-0.1, -0.05) is 18.2 Å². The van der Waals surface area contributed by atoms with Gasteiger partial charge in [-0.15, -0.1) is 0 Å². The quantitative estimate of drug-likeness (QED) is 0.504. The van der Waals surface area contributed by atoms with Crippen LogP contribution in [0.1, 0.15) is 21.6 Å². The van der Waals surface area contributed by atoms with E-state index in [9.17, 15) is 22.8 Å². The molecule has 1 N–H and O–H groups in total. The second kappa shape index (κ2) is 9.86. The van der Waals surface area contributed by atoms with E-state index in [-0.39, 0.29) is 25.5 Å². The number of carbonyl (C=O) groups is 2. The molecule has 0 saturated carbocycles. The minimum absolute atomic E-state index is 0.0884. The average Bonchev–Trinajstić information content (AvgIpc) is 3.19. The molecule has 1 amide bonds. The number of hydrogen-bond acceptors (Lipinski definition) is 4. The van der Waals surface area contributed by atoms with E-state index in [4.69, 9.17) is 4.74 Å². The third-order valence-electron chi connectivity index (χ3n) is 5.10. The average molecular weight is 447 g/mol. The number of aldehydes is 1. The normalized spacial score (nSPS) is 11.7. The Hall–Kier alpha value is -3.33. The maximum Gasteiger partial charge on any atom is 0.416 e. The fourth-order valence-electron chi connectivity index (χ4n) is 3.42. The summed E-state index contributed by atoms with van der Waals surface area (Å²) in [5.41, 5.74) is 0.925. The monoisotopic (exact) mass is 447 g/mol. The van der Waals surface area contributed by atoms with Crippen LogP contribution < -0.4 is 4.74 Å². The highest BCUT2D eigenvalue weighted by atomic mass is 19.4. The standard InChI is InChI=1S/C23H24F3N3O3/c1-28(15-16-4-3-5-18(12-16)23(24,25)26)8-9-29(10-11-30)22(31)21-14-17-13-19(32-2)6-7-20(17)27-21/h3-7,11-14,27H,8-10,15H2,1-2H3. The molecule has 2 aromatic carbocycles. The lowest BCUT2D eigenvalue weighted by Gasteiger charge is -2.24. The second-order valence-electron chi connectivity index (χ2n) is 7.49. The number of nitrogens with zero attached hydrogens (tertiary/aromatic N) is 2. The van der Waals surface area contributed by atoms with Gasteiger partial charge >= 0.3 is 6.18 Å². The number of nitrogens with one attached hydrogen (secondary N) is 1. The Kier molecular flexibility index (Phi) is 7.19. The third kappa shape index (κ3) is 5.67. The van der Waals surface area contributed by atoms with Crippen molar-refractivity contribution in [2.75, 3.05) is 33.8 Å². The molecule has 32 heavy (non-hydrogen) atoms. The predicted molar refractivity (Wildman–Crippen MR) is 115 cm³/mol. The van der Waals surface area contributed by atoms with Crippen molar-refractivity contribution in [1.82, 2.24) is 14.8 Å². The van der Waals surface area contributed by atoms with Gasteiger partial charge in [0.25, 0.3) is 5.91 Å². The number of carbonyl (C=O) groups excluding carboxylic acids is 2. The Morgan fingerprint density at radius 2 is 1.91 bits per heavy atom. The summed E-state index contributed by atoms with van der Waals surface area (Å²) >= 11 is 0. The molecule has 0 radical (unpaired) electrons. The molecule has 0 aliphatic carbocycles. The summed E-state index contributed by atoms with van der Waals surface area (Å²) in [4.78, 5) is 30.3. The van der Waals surface area contributed by atoms with Crippen LogP contribution in [0.25, 0.3) is 10.9 Å². The number of alkyl halides is 3. The van der Waals surface area contributed by atoms with Crippen LogP contribution in [0.4, 0.5) is 13.2 Å². The smallest absolute Gasteiger partial charge is 0.416 e. The van der Waals surface area contributed by atoms with Crippen LogP contribution in [0.3, 0.4) is 0 Å². The van der Waals surface area contributed by atoms with Gasteiger partial charge in [0, 0.05) is 30.5 Å². The van der Waals surface area contributed by atoms with E-state index < -0.39 is 11.7 Å². The first-order valence-corrected chi connectivity index (χ1v) is 9.95. The maximum atomic E-state index is 12.9. The number of rotatable bonds is 9. The zero-order chi connectivity index (χ0) is 23.3. The highest BCUT2D eigenvalue weighted by Crippen LogP contribution is 2.29. The van der Waals surface area contributed by atoms with Crippen LogP contribution in [-0.4, -0.2) is 60.8 Å². The molecule has 1 aromatic heterocycles. The molecule has 0 unspecified atom stereocenters. The molecule has 0 fully saturated rings. The van der Waals surface area contributed by atoms with Crippen molar-refractivity contribution in [3.63, 3.8) is 0 Å². The molecule has 0 saturated heterocycles. The summed E-state index contributed by atoms with van der Waals surface area (Å²) in [7, 11) is 3.31. The van der Waals surface area contributed by atoms with E-state index in [2.05, 4.69) is 4.98 Å². The Labute approximate surface area is 183 Å². The molecule has 1 heterocycles. The van der Waals surface area contributed by atoms with E-state index in [0.717, 1.165) is 23.0 Å².